The summed E-state index contributed by atoms with van der Waals surface area (Å²) in [5.74, 6) is -0.173. The standard InChI is InChI=1S/C76H143NO10/c1-3-5-7-9-11-13-15-39-43-46-50-54-58-62-69(79)68(67-86-76-75(84)74(83)73(82)70(66-78)87-76)77-71(80)63-59-55-51-47-44-40-37-35-33-31-29-27-25-23-21-19-17-16-18-20-22-24-26-28-30-32-34-36-38-41-45-49-53-57-61-65-85-72(81)64-60-56-52-48-42-14-12-10-8-6-4-2/h18,20,43,46,58,62,68-70,73-76,78-79,82-84H,3-17,19,21-42,44-45,47-57,59-61,63-67H2,1-2H3,(H,77,80)/b20-18-,46-43+,62-58+. The summed E-state index contributed by atoms with van der Waals surface area (Å²) < 4.78 is 16.7. The van der Waals surface area contributed by atoms with Crippen LogP contribution in [-0.2, 0) is 23.8 Å². The van der Waals surface area contributed by atoms with Crippen LogP contribution >= 0.6 is 0 Å². The van der Waals surface area contributed by atoms with Crippen molar-refractivity contribution in [2.75, 3.05) is 19.8 Å². The number of ether oxygens (including phenoxy) is 3. The van der Waals surface area contributed by atoms with Gasteiger partial charge in [-0.05, 0) is 70.6 Å². The first kappa shape index (κ1) is 82.9. The molecule has 0 aromatic rings. The molecule has 1 saturated heterocycles. The zero-order chi connectivity index (χ0) is 63.0. The van der Waals surface area contributed by atoms with Gasteiger partial charge in [-0.15, -0.1) is 0 Å². The largest absolute Gasteiger partial charge is 0.466 e. The number of carbonyl (C=O) groups is 2. The van der Waals surface area contributed by atoms with Crippen molar-refractivity contribution >= 4 is 11.9 Å². The summed E-state index contributed by atoms with van der Waals surface area (Å²) >= 11 is 0. The van der Waals surface area contributed by atoms with E-state index >= 15 is 0 Å². The molecule has 0 spiro atoms. The molecule has 0 bridgehead atoms. The van der Waals surface area contributed by atoms with Crippen LogP contribution in [0, 0.1) is 0 Å². The first-order valence-electron chi connectivity index (χ1n) is 37.8. The van der Waals surface area contributed by atoms with Crippen LogP contribution in [0.2, 0.25) is 0 Å². The average Bonchev–Trinajstić information content (AvgIpc) is 3.11. The van der Waals surface area contributed by atoms with Crippen molar-refractivity contribution in [3.8, 4) is 0 Å². The van der Waals surface area contributed by atoms with Crippen molar-refractivity contribution in [2.24, 2.45) is 0 Å². The molecule has 7 atom stereocenters. The highest BCUT2D eigenvalue weighted by Gasteiger charge is 2.44. The molecular formula is C76H143NO10. The third-order valence-electron chi connectivity index (χ3n) is 18.0. The highest BCUT2D eigenvalue weighted by Crippen LogP contribution is 2.23. The van der Waals surface area contributed by atoms with E-state index < -0.39 is 49.5 Å². The molecule has 512 valence electrons. The topological polar surface area (TPSA) is 175 Å². The Hall–Kier alpha value is -2.12. The Morgan fingerprint density at radius 1 is 0.414 bits per heavy atom. The molecule has 1 rings (SSSR count). The predicted octanol–water partition coefficient (Wildman–Crippen LogP) is 19.7. The molecule has 6 N–H and O–H groups in total. The van der Waals surface area contributed by atoms with E-state index in [-0.39, 0.29) is 18.5 Å². The van der Waals surface area contributed by atoms with Gasteiger partial charge in [-0.2, -0.15) is 0 Å². The number of carbonyl (C=O) groups excluding carboxylic acids is 2. The van der Waals surface area contributed by atoms with Gasteiger partial charge in [-0.25, -0.2) is 0 Å². The lowest BCUT2D eigenvalue weighted by Crippen LogP contribution is -2.60. The monoisotopic (exact) mass is 1230 g/mol. The van der Waals surface area contributed by atoms with E-state index in [1.807, 2.05) is 6.08 Å². The first-order chi connectivity index (χ1) is 42.7. The number of allylic oxidation sites excluding steroid dienone is 5. The molecule has 0 aromatic carbocycles. The Morgan fingerprint density at radius 2 is 0.747 bits per heavy atom. The van der Waals surface area contributed by atoms with Gasteiger partial charge in [-0.3, -0.25) is 9.59 Å². The number of nitrogens with one attached hydrogen (secondary N) is 1. The van der Waals surface area contributed by atoms with Gasteiger partial charge < -0.3 is 45.1 Å². The number of aliphatic hydroxyl groups excluding tert-OH is 5. The van der Waals surface area contributed by atoms with Crippen molar-refractivity contribution in [3.63, 3.8) is 0 Å². The molecule has 11 nitrogen and oxygen atoms in total. The lowest BCUT2D eigenvalue weighted by Gasteiger charge is -2.40. The fourth-order valence-electron chi connectivity index (χ4n) is 12.0. The third-order valence-corrected chi connectivity index (χ3v) is 18.0. The summed E-state index contributed by atoms with van der Waals surface area (Å²) in [7, 11) is 0. The van der Waals surface area contributed by atoms with E-state index in [1.54, 1.807) is 6.08 Å². The summed E-state index contributed by atoms with van der Waals surface area (Å²) in [6.07, 6.45) is 74.5. The van der Waals surface area contributed by atoms with Crippen LogP contribution in [0.4, 0.5) is 0 Å². The van der Waals surface area contributed by atoms with Gasteiger partial charge in [0.05, 0.1) is 32.0 Å². The SMILES string of the molecule is CCCCCCCCC/C=C/CC/C=C/C(O)C(COC1OC(CO)C(O)C(O)C1O)NC(=O)CCCCCCCCCCCCCCCCCCC/C=C\CCCCCCCCCCCCCCCCOC(=O)CCCCCCCCCCCCC. The highest BCUT2D eigenvalue weighted by molar-refractivity contribution is 5.76. The first-order valence-corrected chi connectivity index (χ1v) is 37.8. The van der Waals surface area contributed by atoms with Crippen LogP contribution in [0.15, 0.2) is 36.5 Å². The van der Waals surface area contributed by atoms with Crippen molar-refractivity contribution < 1.29 is 49.3 Å². The molecule has 1 amide bonds. The maximum atomic E-state index is 13.1. The minimum absolute atomic E-state index is 0.0134. The van der Waals surface area contributed by atoms with Crippen LogP contribution in [0.1, 0.15) is 373 Å². The molecule has 87 heavy (non-hydrogen) atoms. The number of hydrogen-bond donors (Lipinski definition) is 6. The van der Waals surface area contributed by atoms with Crippen molar-refractivity contribution in [1.82, 2.24) is 5.32 Å². The van der Waals surface area contributed by atoms with Crippen LogP contribution in [-0.4, -0.2) is 100 Å². The normalized spacial score (nSPS) is 18.0. The molecule has 0 aromatic heterocycles. The zero-order valence-corrected chi connectivity index (χ0v) is 57.0. The van der Waals surface area contributed by atoms with Crippen LogP contribution in [0.5, 0.6) is 0 Å². The van der Waals surface area contributed by atoms with Gasteiger partial charge in [0.15, 0.2) is 6.29 Å². The minimum Gasteiger partial charge on any atom is -0.466 e. The molecule has 0 aliphatic carbocycles. The van der Waals surface area contributed by atoms with E-state index in [1.165, 1.54) is 295 Å². The molecular weight excluding hydrogens is 1090 g/mol. The van der Waals surface area contributed by atoms with Gasteiger partial charge in [0.2, 0.25) is 5.91 Å². The van der Waals surface area contributed by atoms with E-state index in [4.69, 9.17) is 14.2 Å². The second-order valence-corrected chi connectivity index (χ2v) is 26.3. The van der Waals surface area contributed by atoms with Gasteiger partial charge in [0.25, 0.3) is 0 Å². The zero-order valence-electron chi connectivity index (χ0n) is 57.0. The fourth-order valence-corrected chi connectivity index (χ4v) is 12.0. The quantitative estimate of drug-likeness (QED) is 0.0195. The Balaban J connectivity index is 1.93. The van der Waals surface area contributed by atoms with Crippen LogP contribution in [0.25, 0.3) is 0 Å². The lowest BCUT2D eigenvalue weighted by molar-refractivity contribution is -0.302. The van der Waals surface area contributed by atoms with Gasteiger partial charge in [0.1, 0.15) is 24.4 Å². The maximum Gasteiger partial charge on any atom is 0.305 e. The highest BCUT2D eigenvalue weighted by atomic mass is 16.7. The van der Waals surface area contributed by atoms with Crippen molar-refractivity contribution in [2.45, 2.75) is 416 Å². The molecule has 7 unspecified atom stereocenters. The lowest BCUT2D eigenvalue weighted by atomic mass is 9.99. The third kappa shape index (κ3) is 54.2. The number of esters is 1. The maximum absolute atomic E-state index is 13.1. The smallest absolute Gasteiger partial charge is 0.305 e. The summed E-state index contributed by atoms with van der Waals surface area (Å²) in [5.41, 5.74) is 0. The van der Waals surface area contributed by atoms with Crippen molar-refractivity contribution in [1.29, 1.82) is 0 Å². The predicted molar refractivity (Wildman–Crippen MR) is 366 cm³/mol. The van der Waals surface area contributed by atoms with Crippen LogP contribution < -0.4 is 5.32 Å². The second kappa shape index (κ2) is 65.4. The molecule has 1 heterocycles. The second-order valence-electron chi connectivity index (χ2n) is 26.3. The van der Waals surface area contributed by atoms with Crippen molar-refractivity contribution in [3.05, 3.63) is 36.5 Å². The summed E-state index contributed by atoms with van der Waals surface area (Å²) in [4.78, 5) is 25.1. The fraction of sp³-hybridized carbons (Fsp3) is 0.895. The number of aliphatic hydroxyl groups is 5. The van der Waals surface area contributed by atoms with Gasteiger partial charge in [-0.1, -0.05) is 326 Å². The Labute approximate surface area is 536 Å². The molecule has 1 aliphatic heterocycles. The minimum atomic E-state index is -1.57. The molecule has 11 heteroatoms. The summed E-state index contributed by atoms with van der Waals surface area (Å²) in [5, 5.41) is 54.5. The average molecular weight is 1230 g/mol. The van der Waals surface area contributed by atoms with E-state index in [2.05, 4.69) is 43.5 Å². The number of hydrogen-bond acceptors (Lipinski definition) is 10. The molecule has 0 radical (unpaired) electrons. The molecule has 0 saturated carbocycles. The Kier molecular flexibility index (Phi) is 62.3. The van der Waals surface area contributed by atoms with Gasteiger partial charge in [0, 0.05) is 12.8 Å². The molecule has 1 aliphatic rings. The van der Waals surface area contributed by atoms with Crippen LogP contribution in [0.3, 0.4) is 0 Å². The summed E-state index contributed by atoms with van der Waals surface area (Å²) in [6, 6.07) is -0.825. The Bertz CT molecular complexity index is 1540. The number of unbranched alkanes of at least 4 members (excludes halogenated alkanes) is 49. The van der Waals surface area contributed by atoms with E-state index in [0.717, 1.165) is 51.4 Å². The Morgan fingerprint density at radius 3 is 1.14 bits per heavy atom. The van der Waals surface area contributed by atoms with E-state index in [0.29, 0.717) is 19.4 Å². The number of rotatable bonds is 67. The number of amides is 1. The molecule has 1 fully saturated rings. The summed E-state index contributed by atoms with van der Waals surface area (Å²) in [6.45, 7) is 4.36. The van der Waals surface area contributed by atoms with Gasteiger partial charge >= 0.3 is 5.97 Å². The van der Waals surface area contributed by atoms with E-state index in [9.17, 15) is 35.1 Å².